The molecule has 1 atom stereocenters. The van der Waals surface area contributed by atoms with Gasteiger partial charge in [0.2, 0.25) is 0 Å². The molecule has 0 aliphatic heterocycles. The Kier molecular flexibility index (Phi) is 5.07. The van der Waals surface area contributed by atoms with Gasteiger partial charge in [-0.15, -0.1) is 0 Å². The van der Waals surface area contributed by atoms with E-state index in [0.29, 0.717) is 0 Å². The molecule has 0 aromatic rings. The Hall–Kier alpha value is -0.500. The van der Waals surface area contributed by atoms with Crippen LogP contribution in [0.3, 0.4) is 0 Å². The summed E-state index contributed by atoms with van der Waals surface area (Å²) in [6.07, 6.45) is -8.60. The predicted molar refractivity (Wildman–Crippen MR) is 28.9 cm³/mol. The molecule has 0 aliphatic rings. The van der Waals surface area contributed by atoms with Crippen molar-refractivity contribution in [1.82, 2.24) is 0 Å². The Morgan fingerprint density at radius 1 is 0.923 bits per heavy atom. The zero-order chi connectivity index (χ0) is 10.5. The highest BCUT2D eigenvalue weighted by Crippen LogP contribution is 2.23. The molecule has 0 fully saturated rings. The summed E-state index contributed by atoms with van der Waals surface area (Å²) in [6, 6.07) is 0. The molecule has 13 heavy (non-hydrogen) atoms. The van der Waals surface area contributed by atoms with E-state index in [2.05, 4.69) is 9.47 Å². The van der Waals surface area contributed by atoms with E-state index in [1.165, 1.54) is 0 Å². The number of ether oxygens (including phenoxy) is 2. The van der Waals surface area contributed by atoms with Crippen molar-refractivity contribution in [2.45, 2.75) is 19.1 Å². The van der Waals surface area contributed by atoms with Crippen molar-refractivity contribution in [3.63, 3.8) is 0 Å². The van der Waals surface area contributed by atoms with E-state index in [4.69, 9.17) is 0 Å². The Labute approximate surface area is 69.4 Å². The van der Waals surface area contributed by atoms with E-state index in [1.54, 1.807) is 0 Å². The molecular weight excluding hydrogens is 206 g/mol. The molecule has 0 spiro atoms. The topological polar surface area (TPSA) is 18.5 Å². The molecule has 1 unspecified atom stereocenters. The lowest BCUT2D eigenvalue weighted by atomic mass is 10.6. The minimum Gasteiger partial charge on any atom is -0.339 e. The van der Waals surface area contributed by atoms with Gasteiger partial charge in [0.1, 0.15) is 0 Å². The molecule has 0 saturated carbocycles. The molecule has 0 radical (unpaired) electrons. The first-order valence-electron chi connectivity index (χ1n) is 3.06. The Balaban J connectivity index is 3.43. The minimum absolute atomic E-state index is 0.797. The molecule has 8 heteroatoms. The fraction of sp³-hybridized carbons (Fsp3) is 1.00. The molecule has 0 saturated heterocycles. The van der Waals surface area contributed by atoms with Crippen LogP contribution in [0.25, 0.3) is 0 Å². The van der Waals surface area contributed by atoms with Crippen molar-refractivity contribution >= 4 is 0 Å². The molecule has 80 valence electrons. The van der Waals surface area contributed by atoms with Crippen molar-refractivity contribution in [3.8, 4) is 0 Å². The average molecular weight is 212 g/mol. The first kappa shape index (κ1) is 12.5. The van der Waals surface area contributed by atoms with Gasteiger partial charge in [-0.2, -0.15) is 22.0 Å². The monoisotopic (exact) mass is 212 g/mol. The van der Waals surface area contributed by atoms with Gasteiger partial charge in [0.15, 0.2) is 0 Å². The molecule has 2 nitrogen and oxygen atoms in total. The fourth-order valence-electron chi connectivity index (χ4n) is 0.383. The maximum Gasteiger partial charge on any atom is 0.445 e. The van der Waals surface area contributed by atoms with Gasteiger partial charge in [-0.3, -0.25) is 0 Å². The second-order valence-corrected chi connectivity index (χ2v) is 1.86. The van der Waals surface area contributed by atoms with Crippen LogP contribution >= 0.6 is 0 Å². The number of hydrogen-bond acceptors (Lipinski definition) is 2. The first-order chi connectivity index (χ1) is 5.84. The Morgan fingerprint density at radius 2 is 1.38 bits per heavy atom. The van der Waals surface area contributed by atoms with Gasteiger partial charge in [0.25, 0.3) is 6.36 Å². The van der Waals surface area contributed by atoms with Crippen molar-refractivity contribution in [1.29, 1.82) is 0 Å². The Bertz CT molecular complexity index is 135. The molecule has 0 aliphatic carbocycles. The zero-order valence-corrected chi connectivity index (χ0v) is 6.15. The lowest BCUT2D eigenvalue weighted by molar-refractivity contribution is -0.269. The molecule has 0 N–H and O–H groups in total. The summed E-state index contributed by atoms with van der Waals surface area (Å²) in [6.45, 7) is -4.79. The maximum absolute atomic E-state index is 11.8. The van der Waals surface area contributed by atoms with Crippen LogP contribution in [0.1, 0.15) is 0 Å². The van der Waals surface area contributed by atoms with Crippen LogP contribution in [0, 0.1) is 0 Å². The van der Waals surface area contributed by atoms with Crippen LogP contribution in [-0.4, -0.2) is 32.4 Å². The molecule has 0 aromatic heterocycles. The van der Waals surface area contributed by atoms with Gasteiger partial charge in [-0.05, 0) is 0 Å². The van der Waals surface area contributed by atoms with E-state index in [9.17, 15) is 26.3 Å². The van der Waals surface area contributed by atoms with Crippen molar-refractivity contribution < 1.29 is 35.8 Å². The van der Waals surface area contributed by atoms with Crippen LogP contribution in [0.5, 0.6) is 0 Å². The highest BCUT2D eigenvalue weighted by atomic mass is 19.4. The standard InChI is InChI=1S/C5H6F6O2/c6-3(5(9,10)11)12-1-2-13-4(7)8/h3-4H,1-2H2. The van der Waals surface area contributed by atoms with Crippen LogP contribution in [0.15, 0.2) is 0 Å². The molecule has 0 aromatic carbocycles. The molecular formula is C5H6F6O2. The lowest BCUT2D eigenvalue weighted by Crippen LogP contribution is -2.28. The number of hydrogen-bond donors (Lipinski definition) is 0. The third-order valence-electron chi connectivity index (χ3n) is 0.849. The van der Waals surface area contributed by atoms with Gasteiger partial charge in [0.05, 0.1) is 13.2 Å². The normalized spacial score (nSPS) is 15.0. The third kappa shape index (κ3) is 6.64. The molecule has 0 amide bonds. The van der Waals surface area contributed by atoms with Gasteiger partial charge < -0.3 is 9.47 Å². The van der Waals surface area contributed by atoms with E-state index in [0.717, 1.165) is 0 Å². The van der Waals surface area contributed by atoms with Gasteiger partial charge in [-0.25, -0.2) is 4.39 Å². The number of halogens is 6. The average Bonchev–Trinajstić information content (AvgIpc) is 1.95. The minimum atomic E-state index is -5.13. The van der Waals surface area contributed by atoms with Crippen LogP contribution in [0.2, 0.25) is 0 Å². The summed E-state index contributed by atoms with van der Waals surface area (Å²) >= 11 is 0. The second-order valence-electron chi connectivity index (χ2n) is 1.86. The first-order valence-corrected chi connectivity index (χ1v) is 3.06. The zero-order valence-electron chi connectivity index (χ0n) is 6.15. The molecule has 0 rings (SSSR count). The fourth-order valence-corrected chi connectivity index (χ4v) is 0.383. The molecule has 0 bridgehead atoms. The van der Waals surface area contributed by atoms with Crippen molar-refractivity contribution in [2.24, 2.45) is 0 Å². The number of alkyl halides is 6. The van der Waals surface area contributed by atoms with Gasteiger partial charge >= 0.3 is 12.8 Å². The summed E-state index contributed by atoms with van der Waals surface area (Å²) in [5.74, 6) is 0. The highest BCUT2D eigenvalue weighted by Gasteiger charge is 2.41. The summed E-state index contributed by atoms with van der Waals surface area (Å²) < 4.78 is 75.3. The predicted octanol–water partition coefficient (Wildman–Crippen LogP) is 2.10. The third-order valence-corrected chi connectivity index (χ3v) is 0.849. The quantitative estimate of drug-likeness (QED) is 0.513. The SMILES string of the molecule is FC(F)OCCOC(F)C(F)(F)F. The largest absolute Gasteiger partial charge is 0.445 e. The van der Waals surface area contributed by atoms with Gasteiger partial charge in [0, 0.05) is 0 Å². The maximum atomic E-state index is 11.8. The van der Waals surface area contributed by atoms with Crippen molar-refractivity contribution in [2.75, 3.05) is 13.2 Å². The summed E-state index contributed by atoms with van der Waals surface area (Å²) in [7, 11) is 0. The van der Waals surface area contributed by atoms with E-state index < -0.39 is 32.4 Å². The van der Waals surface area contributed by atoms with Crippen LogP contribution < -0.4 is 0 Å². The van der Waals surface area contributed by atoms with Crippen LogP contribution in [-0.2, 0) is 9.47 Å². The lowest BCUT2D eigenvalue weighted by Gasteiger charge is -2.12. The summed E-state index contributed by atoms with van der Waals surface area (Å²) in [4.78, 5) is 0. The second kappa shape index (κ2) is 5.28. The van der Waals surface area contributed by atoms with E-state index >= 15 is 0 Å². The summed E-state index contributed by atoms with van der Waals surface area (Å²) in [5.41, 5.74) is 0. The smallest absolute Gasteiger partial charge is 0.339 e. The van der Waals surface area contributed by atoms with Gasteiger partial charge in [-0.1, -0.05) is 0 Å². The Morgan fingerprint density at radius 3 is 1.77 bits per heavy atom. The van der Waals surface area contributed by atoms with E-state index in [-0.39, 0.29) is 0 Å². The van der Waals surface area contributed by atoms with Crippen LogP contribution in [0.4, 0.5) is 26.3 Å². The number of rotatable bonds is 5. The summed E-state index contributed by atoms with van der Waals surface area (Å²) in [5, 5.41) is 0. The highest BCUT2D eigenvalue weighted by molar-refractivity contribution is 4.53. The molecule has 0 heterocycles. The van der Waals surface area contributed by atoms with Crippen molar-refractivity contribution in [3.05, 3.63) is 0 Å². The van der Waals surface area contributed by atoms with E-state index in [1.807, 2.05) is 0 Å².